The number of hydrogen-bond acceptors (Lipinski definition) is 4. The van der Waals surface area contributed by atoms with Crippen molar-refractivity contribution >= 4 is 46.8 Å². The van der Waals surface area contributed by atoms with Gasteiger partial charge in [-0.05, 0) is 51.8 Å². The summed E-state index contributed by atoms with van der Waals surface area (Å²) in [5.74, 6) is 4.95. The molecular weight excluding hydrogens is 498 g/mol. The van der Waals surface area contributed by atoms with E-state index in [1.54, 1.807) is 17.0 Å². The van der Waals surface area contributed by atoms with Crippen molar-refractivity contribution in [3.8, 4) is 11.8 Å². The van der Waals surface area contributed by atoms with Crippen LogP contribution in [0.25, 0.3) is 0 Å². The van der Waals surface area contributed by atoms with Crippen LogP contribution in [0.4, 0.5) is 4.39 Å². The molecule has 5 nitrogen and oxygen atoms in total. The van der Waals surface area contributed by atoms with Crippen LogP contribution in [0.2, 0.25) is 10.0 Å². The number of alkyl halides is 1. The molecule has 1 aromatic rings. The number of allylic oxidation sites excluding steroid dienone is 1. The normalized spacial score (nSPS) is 19.6. The largest absolute Gasteiger partial charge is 0.477 e. The van der Waals surface area contributed by atoms with E-state index in [0.29, 0.717) is 49.6 Å². The third kappa shape index (κ3) is 6.69. The number of carbonyl (C=O) groups is 2. The van der Waals surface area contributed by atoms with E-state index in [9.17, 15) is 19.1 Å². The van der Waals surface area contributed by atoms with Crippen molar-refractivity contribution in [2.45, 2.75) is 51.3 Å². The maximum Gasteiger partial charge on any atom is 0.344 e. The summed E-state index contributed by atoms with van der Waals surface area (Å²) in [7, 11) is 0. The fourth-order valence-corrected chi connectivity index (χ4v) is 5.65. The van der Waals surface area contributed by atoms with Crippen LogP contribution in [0.3, 0.4) is 0 Å². The molecule has 1 N–H and O–H groups in total. The van der Waals surface area contributed by atoms with E-state index in [1.165, 1.54) is 17.8 Å². The first-order valence-corrected chi connectivity index (χ1v) is 12.9. The number of thioether (sulfide) groups is 1. The number of amides is 1. The topological polar surface area (TPSA) is 60.9 Å². The number of halogens is 3. The van der Waals surface area contributed by atoms with E-state index in [0.717, 1.165) is 0 Å². The summed E-state index contributed by atoms with van der Waals surface area (Å²) in [5, 5.41) is 10.3. The highest BCUT2D eigenvalue weighted by atomic mass is 35.5. The third-order valence-corrected chi connectivity index (χ3v) is 7.46. The summed E-state index contributed by atoms with van der Waals surface area (Å²) in [5.41, 5.74) is 0.511. The van der Waals surface area contributed by atoms with Gasteiger partial charge in [-0.2, -0.15) is 0 Å². The van der Waals surface area contributed by atoms with Crippen LogP contribution in [0, 0.1) is 17.3 Å². The number of carbonyl (C=O) groups excluding carboxylic acids is 1. The Morgan fingerprint density at radius 3 is 2.50 bits per heavy atom. The van der Waals surface area contributed by atoms with E-state index in [-0.39, 0.29) is 38.1 Å². The zero-order valence-electron chi connectivity index (χ0n) is 19.5. The third-order valence-electron chi connectivity index (χ3n) is 5.70. The minimum absolute atomic E-state index is 0.137. The van der Waals surface area contributed by atoms with Crippen molar-refractivity contribution in [3.05, 3.63) is 44.4 Å². The van der Waals surface area contributed by atoms with Gasteiger partial charge < -0.3 is 14.9 Å². The highest BCUT2D eigenvalue weighted by Crippen LogP contribution is 2.42. The summed E-state index contributed by atoms with van der Waals surface area (Å²) in [6.45, 7) is 7.17. The summed E-state index contributed by atoms with van der Waals surface area (Å²) < 4.78 is 12.8. The molecule has 1 atom stereocenters. The number of aliphatic carboxylic acids is 1. The molecule has 1 unspecified atom stereocenters. The lowest BCUT2D eigenvalue weighted by molar-refractivity contribution is -0.131. The number of piperidine rings is 1. The molecule has 1 fully saturated rings. The maximum atomic E-state index is 13.8. The van der Waals surface area contributed by atoms with Crippen molar-refractivity contribution in [2.75, 3.05) is 26.3 Å². The van der Waals surface area contributed by atoms with Crippen molar-refractivity contribution in [3.63, 3.8) is 0 Å². The summed E-state index contributed by atoms with van der Waals surface area (Å²) in [4.78, 5) is 29.8. The predicted molar refractivity (Wildman–Crippen MR) is 136 cm³/mol. The Kier molecular flexibility index (Phi) is 8.97. The van der Waals surface area contributed by atoms with Gasteiger partial charge in [-0.15, -0.1) is 0 Å². The highest BCUT2D eigenvalue weighted by Gasteiger charge is 2.39. The summed E-state index contributed by atoms with van der Waals surface area (Å²) in [6, 6.07) is 4.44. The number of rotatable bonds is 6. The number of nitrogens with zero attached hydrogens (tertiary/aromatic N) is 2. The van der Waals surface area contributed by atoms with Gasteiger partial charge in [-0.1, -0.05) is 46.8 Å². The highest BCUT2D eigenvalue weighted by molar-refractivity contribution is 8.05. The molecule has 0 radical (unpaired) electrons. The number of likely N-dealkylation sites (tertiary alicyclic amines) is 1. The number of hydrogen-bond donors (Lipinski definition) is 1. The van der Waals surface area contributed by atoms with Crippen LogP contribution >= 0.6 is 35.0 Å². The zero-order chi connectivity index (χ0) is 25.0. The molecule has 2 heterocycles. The predicted octanol–water partition coefficient (Wildman–Crippen LogP) is 5.72. The average molecular weight is 527 g/mol. The molecule has 0 aliphatic carbocycles. The van der Waals surface area contributed by atoms with Gasteiger partial charge in [0, 0.05) is 48.2 Å². The lowest BCUT2D eigenvalue weighted by Gasteiger charge is -2.39. The number of carboxylic acid groups (broad SMARTS) is 1. The second-order valence-corrected chi connectivity index (χ2v) is 11.5. The molecule has 1 saturated heterocycles. The molecule has 2 aliphatic heterocycles. The van der Waals surface area contributed by atoms with Gasteiger partial charge in [0.05, 0.1) is 15.8 Å². The molecule has 2 aliphatic rings. The van der Waals surface area contributed by atoms with E-state index >= 15 is 0 Å². The summed E-state index contributed by atoms with van der Waals surface area (Å²) >= 11 is 13.6. The Morgan fingerprint density at radius 2 is 1.94 bits per heavy atom. The molecule has 184 valence electrons. The fraction of sp³-hybridized carbons (Fsp3) is 0.520. The van der Waals surface area contributed by atoms with Crippen LogP contribution in [0.5, 0.6) is 0 Å². The van der Waals surface area contributed by atoms with Crippen LogP contribution < -0.4 is 0 Å². The minimum Gasteiger partial charge on any atom is -0.477 e. The minimum atomic E-state index is -1.07. The van der Waals surface area contributed by atoms with Gasteiger partial charge in [-0.25, -0.2) is 9.18 Å². The Bertz CT molecular complexity index is 1040. The van der Waals surface area contributed by atoms with Crippen molar-refractivity contribution in [1.29, 1.82) is 0 Å². The standard InChI is InChI=1S/C25H29Cl2FN2O3S/c1-25(2,3)9-6-18-15-21(22(34-18)24(32)33)30(17-7-11-29(12-8-17)13-10-28)23(31)19-5-4-16(26)14-20(19)27/h4-5,14,17-18H,7-8,10-13,15H2,1-3H3,(H,32,33). The molecule has 0 spiro atoms. The lowest BCUT2D eigenvalue weighted by Crippen LogP contribution is -2.47. The monoisotopic (exact) mass is 526 g/mol. The Hall–Kier alpha value is -1.72. The lowest BCUT2D eigenvalue weighted by atomic mass is 9.97. The van der Waals surface area contributed by atoms with E-state index in [2.05, 4.69) is 11.8 Å². The first-order valence-electron chi connectivity index (χ1n) is 11.2. The van der Waals surface area contributed by atoms with Crippen molar-refractivity contribution < 1.29 is 19.1 Å². The molecule has 9 heteroatoms. The van der Waals surface area contributed by atoms with Crippen LogP contribution in [-0.2, 0) is 4.79 Å². The van der Waals surface area contributed by atoms with Gasteiger partial charge in [0.15, 0.2) is 0 Å². The van der Waals surface area contributed by atoms with E-state index in [1.807, 2.05) is 25.7 Å². The fourth-order valence-electron chi connectivity index (χ4n) is 4.10. The SMILES string of the molecule is CC(C)(C)C#CC1CC(N(C(=O)c2ccc(Cl)cc2Cl)C2CCN(CCF)CC2)=C(C(=O)O)S1. The molecule has 34 heavy (non-hydrogen) atoms. The van der Waals surface area contributed by atoms with Gasteiger partial charge in [-0.3, -0.25) is 4.79 Å². The molecule has 1 aromatic carbocycles. The molecule has 0 bridgehead atoms. The second-order valence-electron chi connectivity index (χ2n) is 9.47. The first-order chi connectivity index (χ1) is 16.0. The van der Waals surface area contributed by atoms with Gasteiger partial charge in [0.1, 0.15) is 11.6 Å². The number of carboxylic acids is 1. The average Bonchev–Trinajstić information content (AvgIpc) is 3.17. The van der Waals surface area contributed by atoms with E-state index < -0.39 is 12.6 Å². The van der Waals surface area contributed by atoms with E-state index in [4.69, 9.17) is 23.2 Å². The molecular formula is C25H29Cl2FN2O3S. The molecule has 0 saturated carbocycles. The summed E-state index contributed by atoms with van der Waals surface area (Å²) in [6.07, 6.45) is 1.56. The van der Waals surface area contributed by atoms with Gasteiger partial charge >= 0.3 is 5.97 Å². The van der Waals surface area contributed by atoms with Crippen LogP contribution in [0.1, 0.15) is 50.4 Å². The van der Waals surface area contributed by atoms with Crippen LogP contribution in [-0.4, -0.2) is 64.4 Å². The maximum absolute atomic E-state index is 13.8. The van der Waals surface area contributed by atoms with Crippen molar-refractivity contribution in [1.82, 2.24) is 9.80 Å². The van der Waals surface area contributed by atoms with Crippen LogP contribution in [0.15, 0.2) is 28.8 Å². The smallest absolute Gasteiger partial charge is 0.344 e. The Balaban J connectivity index is 1.99. The quantitative estimate of drug-likeness (QED) is 0.480. The molecule has 1 amide bonds. The molecule has 3 rings (SSSR count). The second kappa shape index (κ2) is 11.3. The molecule has 0 aromatic heterocycles. The first kappa shape index (κ1) is 26.9. The van der Waals surface area contributed by atoms with Crippen molar-refractivity contribution in [2.24, 2.45) is 5.41 Å². The Morgan fingerprint density at radius 1 is 1.26 bits per heavy atom. The zero-order valence-corrected chi connectivity index (χ0v) is 21.9. The van der Waals surface area contributed by atoms with Gasteiger partial charge in [0.2, 0.25) is 0 Å². The Labute approximate surface area is 214 Å². The number of benzene rings is 1. The van der Waals surface area contributed by atoms with Gasteiger partial charge in [0.25, 0.3) is 5.91 Å².